The molecule has 70 valence electrons. The van der Waals surface area contributed by atoms with Crippen LogP contribution in [0.25, 0.3) is 0 Å². The highest BCUT2D eigenvalue weighted by Crippen LogP contribution is 2.06. The zero-order valence-electron chi connectivity index (χ0n) is 7.66. The SMILES string of the molecule is CCc1nc(N)ncc1C(=O)NC. The van der Waals surface area contributed by atoms with E-state index >= 15 is 0 Å². The number of amides is 1. The molecule has 1 aromatic rings. The summed E-state index contributed by atoms with van der Waals surface area (Å²) in [7, 11) is 1.57. The molecule has 0 saturated carbocycles. The van der Waals surface area contributed by atoms with Gasteiger partial charge in [0.25, 0.3) is 5.91 Å². The highest BCUT2D eigenvalue weighted by Gasteiger charge is 2.10. The van der Waals surface area contributed by atoms with E-state index in [1.807, 2.05) is 6.92 Å². The number of hydrogen-bond acceptors (Lipinski definition) is 4. The van der Waals surface area contributed by atoms with Crippen molar-refractivity contribution in [3.8, 4) is 0 Å². The highest BCUT2D eigenvalue weighted by molar-refractivity contribution is 5.94. The van der Waals surface area contributed by atoms with Gasteiger partial charge in [0.15, 0.2) is 0 Å². The molecule has 0 aliphatic heterocycles. The lowest BCUT2D eigenvalue weighted by Gasteiger charge is -2.04. The van der Waals surface area contributed by atoms with Gasteiger partial charge in [-0.1, -0.05) is 6.92 Å². The summed E-state index contributed by atoms with van der Waals surface area (Å²) in [4.78, 5) is 19.0. The molecule has 0 radical (unpaired) electrons. The summed E-state index contributed by atoms with van der Waals surface area (Å²) in [5.74, 6) is 0.0151. The Morgan fingerprint density at radius 3 is 2.92 bits per heavy atom. The van der Waals surface area contributed by atoms with Crippen molar-refractivity contribution in [1.82, 2.24) is 15.3 Å². The minimum atomic E-state index is -0.183. The van der Waals surface area contributed by atoms with E-state index < -0.39 is 0 Å². The van der Waals surface area contributed by atoms with Crippen LogP contribution in [0.2, 0.25) is 0 Å². The Kier molecular flexibility index (Phi) is 2.79. The minimum Gasteiger partial charge on any atom is -0.368 e. The fourth-order valence-corrected chi connectivity index (χ4v) is 1.03. The number of rotatable bonds is 2. The second kappa shape index (κ2) is 3.84. The van der Waals surface area contributed by atoms with Gasteiger partial charge in [0, 0.05) is 13.2 Å². The monoisotopic (exact) mass is 180 g/mol. The fraction of sp³-hybridized carbons (Fsp3) is 0.375. The van der Waals surface area contributed by atoms with Crippen LogP contribution < -0.4 is 11.1 Å². The number of carbonyl (C=O) groups excluding carboxylic acids is 1. The Hall–Kier alpha value is -1.65. The largest absolute Gasteiger partial charge is 0.368 e. The van der Waals surface area contributed by atoms with Gasteiger partial charge < -0.3 is 11.1 Å². The van der Waals surface area contributed by atoms with Gasteiger partial charge in [-0.25, -0.2) is 9.97 Å². The van der Waals surface area contributed by atoms with Crippen molar-refractivity contribution < 1.29 is 4.79 Å². The fourth-order valence-electron chi connectivity index (χ4n) is 1.03. The van der Waals surface area contributed by atoms with Gasteiger partial charge >= 0.3 is 0 Å². The van der Waals surface area contributed by atoms with Gasteiger partial charge in [-0.3, -0.25) is 4.79 Å². The summed E-state index contributed by atoms with van der Waals surface area (Å²) in [6, 6.07) is 0. The molecule has 3 N–H and O–H groups in total. The first-order valence-corrected chi connectivity index (χ1v) is 4.02. The maximum atomic E-state index is 11.3. The average Bonchev–Trinajstić information content (AvgIpc) is 2.16. The number of nitrogen functional groups attached to an aromatic ring is 1. The summed E-state index contributed by atoms with van der Waals surface area (Å²) in [6.07, 6.45) is 2.11. The number of hydrogen-bond donors (Lipinski definition) is 2. The van der Waals surface area contributed by atoms with Gasteiger partial charge in [-0.05, 0) is 6.42 Å². The Morgan fingerprint density at radius 1 is 1.69 bits per heavy atom. The van der Waals surface area contributed by atoms with Crippen LogP contribution in [0, 0.1) is 0 Å². The molecule has 13 heavy (non-hydrogen) atoms. The van der Waals surface area contributed by atoms with Crippen LogP contribution in [0.4, 0.5) is 5.95 Å². The van der Waals surface area contributed by atoms with Crippen molar-refractivity contribution in [2.75, 3.05) is 12.8 Å². The third-order valence-corrected chi connectivity index (χ3v) is 1.69. The molecule has 0 bridgehead atoms. The van der Waals surface area contributed by atoms with Crippen molar-refractivity contribution in [3.05, 3.63) is 17.5 Å². The standard InChI is InChI=1S/C8H12N4O/c1-3-6-5(7(13)10-2)4-11-8(9)12-6/h4H,3H2,1-2H3,(H,10,13)(H2,9,11,12). The number of aromatic nitrogens is 2. The molecule has 1 amide bonds. The summed E-state index contributed by atoms with van der Waals surface area (Å²) in [5, 5.41) is 2.52. The Labute approximate surface area is 76.4 Å². The second-order valence-corrected chi connectivity index (χ2v) is 2.52. The van der Waals surface area contributed by atoms with Crippen LogP contribution in [-0.2, 0) is 6.42 Å². The summed E-state index contributed by atoms with van der Waals surface area (Å²) in [6.45, 7) is 1.91. The van der Waals surface area contributed by atoms with Crippen LogP contribution in [0.1, 0.15) is 23.0 Å². The molecule has 1 rings (SSSR count). The Balaban J connectivity index is 3.13. The smallest absolute Gasteiger partial charge is 0.254 e. The van der Waals surface area contributed by atoms with Crippen molar-refractivity contribution in [2.45, 2.75) is 13.3 Å². The number of aryl methyl sites for hydroxylation is 1. The molecule has 0 aromatic carbocycles. The van der Waals surface area contributed by atoms with Gasteiger partial charge in [0.1, 0.15) is 0 Å². The molecule has 5 heteroatoms. The van der Waals surface area contributed by atoms with Crippen molar-refractivity contribution in [3.63, 3.8) is 0 Å². The lowest BCUT2D eigenvalue weighted by molar-refractivity contribution is 0.0961. The third kappa shape index (κ3) is 1.93. The number of nitrogens with one attached hydrogen (secondary N) is 1. The molecule has 0 unspecified atom stereocenters. The highest BCUT2D eigenvalue weighted by atomic mass is 16.1. The molecule has 0 aliphatic rings. The number of nitrogens with two attached hydrogens (primary N) is 1. The van der Waals surface area contributed by atoms with Crippen LogP contribution in [-0.4, -0.2) is 22.9 Å². The van der Waals surface area contributed by atoms with Crippen LogP contribution in [0.15, 0.2) is 6.20 Å². The van der Waals surface area contributed by atoms with E-state index in [0.29, 0.717) is 17.7 Å². The van der Waals surface area contributed by atoms with E-state index in [4.69, 9.17) is 5.73 Å². The first-order chi connectivity index (χ1) is 6.19. The van der Waals surface area contributed by atoms with E-state index in [0.717, 1.165) is 0 Å². The number of carbonyl (C=O) groups is 1. The van der Waals surface area contributed by atoms with Crippen LogP contribution >= 0.6 is 0 Å². The van der Waals surface area contributed by atoms with E-state index in [9.17, 15) is 4.79 Å². The molecule has 0 spiro atoms. The van der Waals surface area contributed by atoms with Crippen molar-refractivity contribution in [2.24, 2.45) is 0 Å². The van der Waals surface area contributed by atoms with E-state index in [1.165, 1.54) is 6.20 Å². The predicted octanol–water partition coefficient (Wildman–Crippen LogP) is -0.0192. The zero-order valence-corrected chi connectivity index (χ0v) is 7.66. The van der Waals surface area contributed by atoms with Crippen LogP contribution in [0.5, 0.6) is 0 Å². The van der Waals surface area contributed by atoms with Gasteiger partial charge in [-0.2, -0.15) is 0 Å². The molecular formula is C8H12N4O. The van der Waals surface area contributed by atoms with E-state index in [2.05, 4.69) is 15.3 Å². The predicted molar refractivity (Wildman–Crippen MR) is 49.2 cm³/mol. The summed E-state index contributed by atoms with van der Waals surface area (Å²) < 4.78 is 0. The van der Waals surface area contributed by atoms with Crippen LogP contribution in [0.3, 0.4) is 0 Å². The zero-order chi connectivity index (χ0) is 9.84. The quantitative estimate of drug-likeness (QED) is 0.670. The normalized spacial score (nSPS) is 9.69. The molecule has 1 heterocycles. The van der Waals surface area contributed by atoms with Crippen molar-refractivity contribution >= 4 is 11.9 Å². The Morgan fingerprint density at radius 2 is 2.38 bits per heavy atom. The first-order valence-electron chi connectivity index (χ1n) is 4.02. The van der Waals surface area contributed by atoms with E-state index in [-0.39, 0.29) is 11.9 Å². The number of nitrogens with zero attached hydrogens (tertiary/aromatic N) is 2. The summed E-state index contributed by atoms with van der Waals surface area (Å²) >= 11 is 0. The van der Waals surface area contributed by atoms with Gasteiger partial charge in [0.05, 0.1) is 11.3 Å². The summed E-state index contributed by atoms with van der Waals surface area (Å²) in [5.41, 5.74) is 6.55. The minimum absolute atomic E-state index is 0.183. The van der Waals surface area contributed by atoms with Crippen molar-refractivity contribution in [1.29, 1.82) is 0 Å². The maximum Gasteiger partial charge on any atom is 0.254 e. The molecular weight excluding hydrogens is 168 g/mol. The molecule has 0 fully saturated rings. The first kappa shape index (κ1) is 9.44. The number of anilines is 1. The Bertz CT molecular complexity index is 324. The van der Waals surface area contributed by atoms with E-state index in [1.54, 1.807) is 7.05 Å². The topological polar surface area (TPSA) is 80.9 Å². The molecule has 0 saturated heterocycles. The molecule has 0 aliphatic carbocycles. The lowest BCUT2D eigenvalue weighted by atomic mass is 10.2. The van der Waals surface area contributed by atoms with Gasteiger partial charge in [0.2, 0.25) is 5.95 Å². The third-order valence-electron chi connectivity index (χ3n) is 1.69. The lowest BCUT2D eigenvalue weighted by Crippen LogP contribution is -2.20. The molecule has 0 atom stereocenters. The molecule has 5 nitrogen and oxygen atoms in total. The second-order valence-electron chi connectivity index (χ2n) is 2.52. The average molecular weight is 180 g/mol. The maximum absolute atomic E-state index is 11.3. The van der Waals surface area contributed by atoms with Gasteiger partial charge in [-0.15, -0.1) is 0 Å². The molecule has 1 aromatic heterocycles.